The number of morpholine rings is 1. The van der Waals surface area contributed by atoms with E-state index < -0.39 is 6.23 Å². The smallest absolute Gasteiger partial charge is 0.233 e. The number of aromatic nitrogens is 4. The van der Waals surface area contributed by atoms with Gasteiger partial charge in [-0.2, -0.15) is 0 Å². The van der Waals surface area contributed by atoms with E-state index in [4.69, 9.17) is 48.1 Å². The number of nitrogens with one attached hydrogen (secondary N) is 1. The highest BCUT2D eigenvalue weighted by atomic mass is 16.6. The monoisotopic (exact) mass is 1030 g/mol. The number of hydrogen-bond acceptors (Lipinski definition) is 18. The van der Waals surface area contributed by atoms with Crippen LogP contribution in [0.3, 0.4) is 0 Å². The van der Waals surface area contributed by atoms with Crippen LogP contribution in [-0.2, 0) is 14.2 Å². The summed E-state index contributed by atoms with van der Waals surface area (Å²) < 4.78 is 45.2. The number of fused-ring (bicyclic) bond motifs is 14. The van der Waals surface area contributed by atoms with Crippen LogP contribution < -0.4 is 39.0 Å². The third-order valence-corrected chi connectivity index (χ3v) is 14.7. The van der Waals surface area contributed by atoms with E-state index >= 15 is 0 Å². The molecule has 18 heteroatoms. The van der Waals surface area contributed by atoms with Crippen LogP contribution in [0, 0.1) is 0 Å². The molecule has 11 rings (SSSR count). The molecule has 1 N–H and O–H groups in total. The summed E-state index contributed by atoms with van der Waals surface area (Å²) in [6, 6.07) is 32.8. The molecule has 5 aliphatic rings. The largest absolute Gasteiger partial charge is 0.491 e. The Morgan fingerprint density at radius 2 is 1.25 bits per heavy atom. The Balaban J connectivity index is 0.936. The van der Waals surface area contributed by atoms with E-state index in [0.29, 0.717) is 50.1 Å². The Hall–Kier alpha value is -6.80. The van der Waals surface area contributed by atoms with E-state index in [1.807, 2.05) is 71.6 Å². The molecule has 3 fully saturated rings. The summed E-state index contributed by atoms with van der Waals surface area (Å²) >= 11 is 0. The number of benzene rings is 4. The number of ether oxygens (including phenoxy) is 7. The first kappa shape index (κ1) is 51.3. The van der Waals surface area contributed by atoms with E-state index in [-0.39, 0.29) is 19.8 Å². The predicted octanol–water partition coefficient (Wildman–Crippen LogP) is 7.46. The summed E-state index contributed by atoms with van der Waals surface area (Å²) in [4.78, 5) is 34.1. The number of nitrogens with zero attached hydrogens (tertiary/aromatic N) is 10. The Kier molecular flexibility index (Phi) is 16.8. The minimum atomic E-state index is -0.792. The van der Waals surface area contributed by atoms with Crippen molar-refractivity contribution in [2.45, 2.75) is 31.5 Å². The molecule has 0 amide bonds. The van der Waals surface area contributed by atoms with Crippen molar-refractivity contribution in [1.82, 2.24) is 34.6 Å². The van der Waals surface area contributed by atoms with Crippen molar-refractivity contribution >= 4 is 34.6 Å². The molecule has 4 aromatic carbocycles. The highest BCUT2D eigenvalue weighted by molar-refractivity contribution is 5.72. The van der Waals surface area contributed by atoms with Crippen LogP contribution in [0.1, 0.15) is 19.3 Å². The van der Waals surface area contributed by atoms with Crippen molar-refractivity contribution in [2.24, 2.45) is 0 Å². The molecule has 5 aliphatic heterocycles. The molecule has 12 bridgehead atoms. The normalized spacial score (nSPS) is 19.5. The number of rotatable bonds is 8. The predicted molar refractivity (Wildman–Crippen MR) is 295 cm³/mol. The minimum Gasteiger partial charge on any atom is -0.491 e. The van der Waals surface area contributed by atoms with Crippen molar-refractivity contribution in [3.8, 4) is 45.5 Å². The summed E-state index contributed by atoms with van der Waals surface area (Å²) in [5.74, 6) is 3.70. The van der Waals surface area contributed by atoms with Crippen molar-refractivity contribution in [2.75, 3.05) is 159 Å². The Labute approximate surface area is 446 Å². The van der Waals surface area contributed by atoms with Crippen LogP contribution in [0.5, 0.6) is 23.0 Å². The van der Waals surface area contributed by atoms with E-state index in [1.165, 1.54) is 0 Å². The average molecular weight is 1030 g/mol. The van der Waals surface area contributed by atoms with Gasteiger partial charge in [0.1, 0.15) is 49.4 Å². The maximum atomic E-state index is 7.15. The van der Waals surface area contributed by atoms with Crippen molar-refractivity contribution in [3.63, 3.8) is 0 Å². The summed E-state index contributed by atoms with van der Waals surface area (Å²) in [6.07, 6.45) is 6.03. The third-order valence-electron chi connectivity index (χ3n) is 14.7. The zero-order valence-corrected chi connectivity index (χ0v) is 43.9. The van der Waals surface area contributed by atoms with Gasteiger partial charge in [0.25, 0.3) is 0 Å². The lowest BCUT2D eigenvalue weighted by Crippen LogP contribution is -2.49. The Morgan fingerprint density at radius 1 is 0.592 bits per heavy atom. The molecule has 3 saturated heterocycles. The molecule has 7 heterocycles. The maximum absolute atomic E-state index is 7.15. The molecule has 18 nitrogen and oxygen atoms in total. The van der Waals surface area contributed by atoms with E-state index in [9.17, 15) is 0 Å². The van der Waals surface area contributed by atoms with Crippen LogP contribution >= 0.6 is 0 Å². The first-order valence-corrected chi connectivity index (χ1v) is 27.1. The molecule has 0 radical (unpaired) electrons. The summed E-state index contributed by atoms with van der Waals surface area (Å²) in [5.41, 5.74) is 6.84. The zero-order chi connectivity index (χ0) is 51.5. The van der Waals surface area contributed by atoms with Crippen LogP contribution in [0.25, 0.3) is 22.5 Å². The highest BCUT2D eigenvalue weighted by Crippen LogP contribution is 2.40. The molecule has 2 aromatic heterocycles. The second-order valence-electron chi connectivity index (χ2n) is 20.0. The van der Waals surface area contributed by atoms with Crippen LogP contribution in [0.15, 0.2) is 109 Å². The number of piperazine rings is 1. The van der Waals surface area contributed by atoms with Gasteiger partial charge >= 0.3 is 0 Å². The van der Waals surface area contributed by atoms with Gasteiger partial charge in [0, 0.05) is 99.7 Å². The third kappa shape index (κ3) is 12.9. The SMILES string of the molecule is CN(C)CCCN1CCN(c2ccc3cc2OCCOCC(N2c4ccc(N5CCC(N6CCOCC6)CC5)c(c4)OCCOCCOc4cccc(c4)-c4ccnc2n4)Oc2cccc(c2)-c2ccnc(n2)N3)CC1. The number of piperidine rings is 1. The van der Waals surface area contributed by atoms with Gasteiger partial charge in [0.05, 0.1) is 61.5 Å². The molecule has 76 heavy (non-hydrogen) atoms. The molecule has 1 atom stereocenters. The standard InChI is InChI=1S/C58H71N11O7/c1-64(2)20-5-21-65-24-26-68(27-25-65)52-12-10-45-40-54(52)74-37-34-72-42-56(76-49-9-4-7-44(39-49)50-14-18-59-57(61-45)62-50)69-47-11-13-53(67-22-16-46(17-23-67)66-28-30-70-31-29-66)55(41-47)75-36-33-71-32-35-73-48-8-3-6-43(38-48)51-15-19-60-58(69)63-51/h3-4,6-15,18-19,38-41,46,56H,5,16-17,20-37,42H2,1-2H3,(H,59,61,62). The number of anilines is 6. The second kappa shape index (κ2) is 24.9. The molecule has 0 aliphatic carbocycles. The fourth-order valence-corrected chi connectivity index (χ4v) is 10.7. The lowest BCUT2D eigenvalue weighted by atomic mass is 10.0. The van der Waals surface area contributed by atoms with Gasteiger partial charge in [-0.3, -0.25) is 14.7 Å². The van der Waals surface area contributed by atoms with Crippen molar-refractivity contribution in [3.05, 3.63) is 109 Å². The lowest BCUT2D eigenvalue weighted by Gasteiger charge is -2.41. The van der Waals surface area contributed by atoms with Gasteiger partial charge in [-0.05, 0) is 107 Å². The Bertz CT molecular complexity index is 2840. The highest BCUT2D eigenvalue weighted by Gasteiger charge is 2.31. The topological polar surface area (TPSA) is 148 Å². The molecule has 6 aromatic rings. The van der Waals surface area contributed by atoms with Gasteiger partial charge in [-0.25, -0.2) is 19.9 Å². The van der Waals surface area contributed by atoms with E-state index in [0.717, 1.165) is 160 Å². The van der Waals surface area contributed by atoms with Crippen LogP contribution in [0.2, 0.25) is 0 Å². The van der Waals surface area contributed by atoms with Gasteiger partial charge in [0.2, 0.25) is 18.1 Å². The Morgan fingerprint density at radius 3 is 2.03 bits per heavy atom. The first-order valence-electron chi connectivity index (χ1n) is 27.1. The second-order valence-corrected chi connectivity index (χ2v) is 20.0. The molecular weight excluding hydrogens is 963 g/mol. The number of hydrogen-bond donors (Lipinski definition) is 1. The molecule has 0 spiro atoms. The van der Waals surface area contributed by atoms with E-state index in [1.54, 1.807) is 12.4 Å². The van der Waals surface area contributed by atoms with Crippen molar-refractivity contribution in [1.29, 1.82) is 0 Å². The maximum Gasteiger partial charge on any atom is 0.233 e. The summed E-state index contributed by atoms with van der Waals surface area (Å²) in [6.45, 7) is 13.5. The lowest BCUT2D eigenvalue weighted by molar-refractivity contribution is 0.0115. The summed E-state index contributed by atoms with van der Waals surface area (Å²) in [5, 5.41) is 3.45. The summed E-state index contributed by atoms with van der Waals surface area (Å²) in [7, 11) is 4.27. The average Bonchev–Trinajstić information content (AvgIpc) is 3.45. The molecule has 0 saturated carbocycles. The van der Waals surface area contributed by atoms with Crippen molar-refractivity contribution < 1.29 is 33.2 Å². The molecule has 1 unspecified atom stereocenters. The molecular formula is C58H71N11O7. The fourth-order valence-electron chi connectivity index (χ4n) is 10.7. The quantitative estimate of drug-likeness (QED) is 0.161. The van der Waals surface area contributed by atoms with Gasteiger partial charge in [0.15, 0.2) is 0 Å². The van der Waals surface area contributed by atoms with Gasteiger partial charge in [-0.15, -0.1) is 0 Å². The van der Waals surface area contributed by atoms with Gasteiger partial charge < -0.3 is 53.2 Å². The van der Waals surface area contributed by atoms with Gasteiger partial charge in [-0.1, -0.05) is 24.3 Å². The fraction of sp³-hybridized carbons (Fsp3) is 0.448. The van der Waals surface area contributed by atoms with Crippen LogP contribution in [-0.4, -0.2) is 186 Å². The minimum absolute atomic E-state index is 0.118. The van der Waals surface area contributed by atoms with E-state index in [2.05, 4.69) is 79.2 Å². The molecule has 400 valence electrons. The zero-order valence-electron chi connectivity index (χ0n) is 43.9. The van der Waals surface area contributed by atoms with Crippen LogP contribution in [0.4, 0.5) is 34.6 Å². The first-order chi connectivity index (χ1) is 37.5.